The molecule has 0 fully saturated rings. The fourth-order valence-corrected chi connectivity index (χ4v) is 6.87. The Morgan fingerprint density at radius 2 is 0.640 bits per heavy atom. The van der Waals surface area contributed by atoms with Gasteiger partial charge < -0.3 is 11.5 Å². The van der Waals surface area contributed by atoms with Crippen molar-refractivity contribution >= 4 is 11.4 Å². The number of rotatable bonds is 16. The molecule has 0 aliphatic heterocycles. The summed E-state index contributed by atoms with van der Waals surface area (Å²) >= 11 is 0. The fraction of sp³-hybridized carbons (Fsp3) is 0.250. The van der Waals surface area contributed by atoms with Crippen molar-refractivity contribution in [3.05, 3.63) is 201 Å². The van der Waals surface area contributed by atoms with Gasteiger partial charge in [-0.15, -0.1) is 0 Å². The van der Waals surface area contributed by atoms with Gasteiger partial charge in [0.05, 0.1) is 0 Å². The van der Waals surface area contributed by atoms with Gasteiger partial charge in [-0.05, 0) is 130 Å². The molecule has 0 saturated carbocycles. The summed E-state index contributed by atoms with van der Waals surface area (Å²) in [4.78, 5) is 0. The minimum Gasteiger partial charge on any atom is -0.399 e. The van der Waals surface area contributed by atoms with Gasteiger partial charge in [-0.3, -0.25) is 0 Å². The van der Waals surface area contributed by atoms with Crippen LogP contribution < -0.4 is 11.5 Å². The van der Waals surface area contributed by atoms with Crippen LogP contribution in [-0.2, 0) is 38.5 Å². The Labute approximate surface area is 300 Å². The van der Waals surface area contributed by atoms with E-state index in [0.29, 0.717) is 0 Å². The molecule has 0 bridgehead atoms. The van der Waals surface area contributed by atoms with Crippen LogP contribution in [0.1, 0.15) is 100 Å². The molecule has 4 N–H and O–H groups in total. The number of nitrogens with two attached hydrogens (primary N) is 2. The van der Waals surface area contributed by atoms with Crippen LogP contribution in [0.15, 0.2) is 140 Å². The Hall–Kier alpha value is -5.08. The molecule has 6 aromatic rings. The zero-order chi connectivity index (χ0) is 34.5. The minimum atomic E-state index is 0.810. The van der Waals surface area contributed by atoms with Crippen LogP contribution in [0.3, 0.4) is 0 Å². The molecule has 50 heavy (non-hydrogen) atoms. The van der Waals surface area contributed by atoms with E-state index in [1.54, 1.807) is 0 Å². The van der Waals surface area contributed by atoms with Gasteiger partial charge in [0.15, 0.2) is 0 Å². The molecule has 6 rings (SSSR count). The number of unbranched alkanes of at least 4 members (excludes halogenated alkanes) is 4. The molecule has 254 valence electrons. The lowest BCUT2D eigenvalue weighted by Crippen LogP contribution is -2.00. The van der Waals surface area contributed by atoms with Crippen molar-refractivity contribution in [1.82, 2.24) is 0 Å². The molecule has 0 atom stereocenters. The average molecular weight is 657 g/mol. The maximum absolute atomic E-state index is 5.95. The van der Waals surface area contributed by atoms with E-state index < -0.39 is 0 Å². The number of hydrogen-bond acceptors (Lipinski definition) is 2. The van der Waals surface area contributed by atoms with E-state index in [9.17, 15) is 0 Å². The summed E-state index contributed by atoms with van der Waals surface area (Å²) in [5.74, 6) is 0. The number of aryl methyl sites for hydroxylation is 1. The molecular formula is C48H52N2. The molecule has 2 nitrogen and oxygen atoms in total. The monoisotopic (exact) mass is 656 g/mol. The quantitative estimate of drug-likeness (QED) is 0.0804. The number of benzene rings is 6. The Kier molecular flexibility index (Phi) is 12.2. The summed E-state index contributed by atoms with van der Waals surface area (Å²) in [6.07, 6.45) is 12.4. The van der Waals surface area contributed by atoms with Crippen LogP contribution in [0.2, 0.25) is 0 Å². The lowest BCUT2D eigenvalue weighted by Gasteiger charge is -2.13. The highest BCUT2D eigenvalue weighted by atomic mass is 14.5. The van der Waals surface area contributed by atoms with Crippen LogP contribution >= 0.6 is 0 Å². The summed E-state index contributed by atoms with van der Waals surface area (Å²) in [6, 6.07) is 51.1. The molecule has 6 aromatic carbocycles. The SMILES string of the molecule is CCCCCCCc1cc(Cc2ccc(Cc3ccc(Cc4ccc(Cc5ccc(N)cc5)cc4)cc3)cc2)ccc1Cc1ccc(N)cc1. The van der Waals surface area contributed by atoms with Gasteiger partial charge >= 0.3 is 0 Å². The molecular weight excluding hydrogens is 605 g/mol. The summed E-state index contributed by atoms with van der Waals surface area (Å²) in [7, 11) is 0. The normalized spacial score (nSPS) is 11.1. The van der Waals surface area contributed by atoms with Crippen LogP contribution in [-0.4, -0.2) is 0 Å². The maximum atomic E-state index is 5.95. The third-order valence-electron chi connectivity index (χ3n) is 9.88. The van der Waals surface area contributed by atoms with Gasteiger partial charge in [0, 0.05) is 11.4 Å². The predicted octanol–water partition coefficient (Wildman–Crippen LogP) is 11.3. The number of anilines is 2. The Bertz CT molecular complexity index is 1900. The van der Waals surface area contributed by atoms with E-state index >= 15 is 0 Å². The highest BCUT2D eigenvalue weighted by molar-refractivity contribution is 5.44. The lowest BCUT2D eigenvalue weighted by molar-refractivity contribution is 0.631. The zero-order valence-electron chi connectivity index (χ0n) is 29.7. The predicted molar refractivity (Wildman–Crippen MR) is 214 cm³/mol. The molecule has 0 aromatic heterocycles. The Morgan fingerprint density at radius 1 is 0.320 bits per heavy atom. The number of nitrogen functional groups attached to an aromatic ring is 2. The van der Waals surface area contributed by atoms with Crippen molar-refractivity contribution < 1.29 is 0 Å². The van der Waals surface area contributed by atoms with Gasteiger partial charge in [0.25, 0.3) is 0 Å². The average Bonchev–Trinajstić information content (AvgIpc) is 3.13. The van der Waals surface area contributed by atoms with Gasteiger partial charge in [-0.2, -0.15) is 0 Å². The largest absolute Gasteiger partial charge is 0.399 e. The lowest BCUT2D eigenvalue weighted by atomic mass is 9.92. The van der Waals surface area contributed by atoms with E-state index in [2.05, 4.69) is 122 Å². The van der Waals surface area contributed by atoms with Crippen molar-refractivity contribution in [2.24, 2.45) is 0 Å². The van der Waals surface area contributed by atoms with Crippen LogP contribution in [0, 0.1) is 0 Å². The molecule has 0 saturated heterocycles. The molecule has 0 unspecified atom stereocenters. The smallest absolute Gasteiger partial charge is 0.0314 e. The van der Waals surface area contributed by atoms with Gasteiger partial charge in [0.1, 0.15) is 0 Å². The third kappa shape index (κ3) is 10.5. The first-order valence-corrected chi connectivity index (χ1v) is 18.5. The van der Waals surface area contributed by atoms with E-state index in [0.717, 1.165) is 49.9 Å². The van der Waals surface area contributed by atoms with E-state index in [1.165, 1.54) is 93.3 Å². The second kappa shape index (κ2) is 17.5. The highest BCUT2D eigenvalue weighted by Crippen LogP contribution is 2.23. The molecule has 0 radical (unpaired) electrons. The van der Waals surface area contributed by atoms with Gasteiger partial charge in [0.2, 0.25) is 0 Å². The van der Waals surface area contributed by atoms with Crippen molar-refractivity contribution in [1.29, 1.82) is 0 Å². The van der Waals surface area contributed by atoms with E-state index in [1.807, 2.05) is 24.3 Å². The zero-order valence-corrected chi connectivity index (χ0v) is 29.7. The van der Waals surface area contributed by atoms with Crippen LogP contribution in [0.4, 0.5) is 11.4 Å². The molecule has 0 aliphatic rings. The van der Waals surface area contributed by atoms with Crippen molar-refractivity contribution in [2.45, 2.75) is 77.6 Å². The summed E-state index contributed by atoms with van der Waals surface area (Å²) in [5, 5.41) is 0. The first-order valence-electron chi connectivity index (χ1n) is 18.5. The van der Waals surface area contributed by atoms with E-state index in [-0.39, 0.29) is 0 Å². The van der Waals surface area contributed by atoms with Crippen molar-refractivity contribution in [2.75, 3.05) is 11.5 Å². The summed E-state index contributed by atoms with van der Waals surface area (Å²) < 4.78 is 0. The van der Waals surface area contributed by atoms with Gasteiger partial charge in [-0.1, -0.05) is 148 Å². The highest BCUT2D eigenvalue weighted by Gasteiger charge is 2.08. The minimum absolute atomic E-state index is 0.810. The Balaban J connectivity index is 1.03. The standard InChI is InChI=1S/C48H52N2/c1-2-3-4-5-6-7-45-35-44(20-25-46(45)34-43-23-28-48(50)29-24-43)33-41-18-16-39(17-19-41)31-37-10-8-36(9-11-37)30-38-12-14-40(15-13-38)32-42-21-26-47(49)27-22-42/h8-29,35H,2-7,30-34,49-50H2,1H3. The fourth-order valence-electron chi connectivity index (χ4n) is 6.87. The third-order valence-corrected chi connectivity index (χ3v) is 9.88. The maximum Gasteiger partial charge on any atom is 0.0314 e. The summed E-state index contributed by atoms with van der Waals surface area (Å²) in [5.41, 5.74) is 28.4. The molecule has 2 heteroatoms. The molecule has 0 spiro atoms. The number of hydrogen-bond donors (Lipinski definition) is 2. The molecule has 0 amide bonds. The van der Waals surface area contributed by atoms with Crippen LogP contribution in [0.5, 0.6) is 0 Å². The van der Waals surface area contributed by atoms with Crippen LogP contribution in [0.25, 0.3) is 0 Å². The van der Waals surface area contributed by atoms with Crippen molar-refractivity contribution in [3.8, 4) is 0 Å². The molecule has 0 heterocycles. The van der Waals surface area contributed by atoms with Crippen molar-refractivity contribution in [3.63, 3.8) is 0 Å². The second-order valence-corrected chi connectivity index (χ2v) is 14.1. The topological polar surface area (TPSA) is 52.0 Å². The van der Waals surface area contributed by atoms with E-state index in [4.69, 9.17) is 11.5 Å². The Morgan fingerprint density at radius 3 is 1.04 bits per heavy atom. The first-order chi connectivity index (χ1) is 24.5. The summed E-state index contributed by atoms with van der Waals surface area (Å²) in [6.45, 7) is 2.28. The first kappa shape index (κ1) is 34.8. The second-order valence-electron chi connectivity index (χ2n) is 14.1. The van der Waals surface area contributed by atoms with Gasteiger partial charge in [-0.25, -0.2) is 0 Å². The molecule has 0 aliphatic carbocycles.